The van der Waals surface area contributed by atoms with Gasteiger partial charge in [0.2, 0.25) is 0 Å². The van der Waals surface area contributed by atoms with Crippen LogP contribution >= 0.6 is 23.2 Å². The summed E-state index contributed by atoms with van der Waals surface area (Å²) in [5, 5.41) is 7.94. The summed E-state index contributed by atoms with van der Waals surface area (Å²) >= 11 is 12.5. The Hall–Kier alpha value is -3.14. The normalized spacial score (nSPS) is 13.8. The van der Waals surface area contributed by atoms with Crippen LogP contribution < -0.4 is 11.1 Å². The standard InChI is InChI=1S/C20H18Cl2N6O3/c21-13-2-1-3-14(22)18(13)28-11-15(17(26-28)19(23)29)25-16-5-4-12(10-24-16)20(30)27-6-8-31-9-7-27/h1-5,10-11H,6-9H2,(H2,23,29)(H,24,25). The quantitative estimate of drug-likeness (QED) is 0.604. The molecule has 0 radical (unpaired) electrons. The summed E-state index contributed by atoms with van der Waals surface area (Å²) in [6.07, 6.45) is 3.01. The molecule has 160 valence electrons. The molecule has 0 unspecified atom stereocenters. The minimum Gasteiger partial charge on any atom is -0.378 e. The molecule has 1 saturated heterocycles. The van der Waals surface area contributed by atoms with Gasteiger partial charge in [-0.05, 0) is 24.3 Å². The highest BCUT2D eigenvalue weighted by atomic mass is 35.5. The largest absolute Gasteiger partial charge is 0.378 e. The lowest BCUT2D eigenvalue weighted by molar-refractivity contribution is 0.0302. The predicted molar refractivity (Wildman–Crippen MR) is 116 cm³/mol. The molecule has 3 heterocycles. The van der Waals surface area contributed by atoms with Gasteiger partial charge in [-0.3, -0.25) is 9.59 Å². The third kappa shape index (κ3) is 4.48. The summed E-state index contributed by atoms with van der Waals surface area (Å²) in [5.41, 5.74) is 6.67. The Bertz CT molecular complexity index is 1110. The van der Waals surface area contributed by atoms with Crippen LogP contribution in [0.15, 0.2) is 42.7 Å². The van der Waals surface area contributed by atoms with Crippen molar-refractivity contribution in [2.24, 2.45) is 5.73 Å². The Morgan fingerprint density at radius 3 is 2.42 bits per heavy atom. The van der Waals surface area contributed by atoms with E-state index < -0.39 is 5.91 Å². The first-order valence-corrected chi connectivity index (χ1v) is 10.1. The maximum absolute atomic E-state index is 12.5. The lowest BCUT2D eigenvalue weighted by Gasteiger charge is -2.26. The van der Waals surface area contributed by atoms with Crippen molar-refractivity contribution in [3.63, 3.8) is 0 Å². The third-order valence-electron chi connectivity index (χ3n) is 4.69. The van der Waals surface area contributed by atoms with Gasteiger partial charge in [0.1, 0.15) is 11.5 Å². The van der Waals surface area contributed by atoms with E-state index in [9.17, 15) is 9.59 Å². The monoisotopic (exact) mass is 460 g/mol. The van der Waals surface area contributed by atoms with Gasteiger partial charge in [-0.15, -0.1) is 0 Å². The molecule has 1 aliphatic heterocycles. The summed E-state index contributed by atoms with van der Waals surface area (Å²) < 4.78 is 6.65. The van der Waals surface area contributed by atoms with Crippen molar-refractivity contribution >= 4 is 46.5 Å². The van der Waals surface area contributed by atoms with Crippen molar-refractivity contribution in [3.8, 4) is 5.69 Å². The summed E-state index contributed by atoms with van der Waals surface area (Å²) in [6, 6.07) is 8.32. The second kappa shape index (κ2) is 8.93. The molecule has 3 aromatic rings. The third-order valence-corrected chi connectivity index (χ3v) is 5.30. The van der Waals surface area contributed by atoms with E-state index in [2.05, 4.69) is 15.4 Å². The van der Waals surface area contributed by atoms with Gasteiger partial charge in [0.05, 0.1) is 40.7 Å². The van der Waals surface area contributed by atoms with Crippen LogP contribution in [0.1, 0.15) is 20.8 Å². The molecule has 2 amide bonds. The van der Waals surface area contributed by atoms with Crippen LogP contribution in [-0.4, -0.2) is 57.8 Å². The molecule has 0 atom stereocenters. The minimum absolute atomic E-state index is 0.00810. The molecule has 0 bridgehead atoms. The van der Waals surface area contributed by atoms with Gasteiger partial charge in [-0.2, -0.15) is 5.10 Å². The number of morpholine rings is 1. The van der Waals surface area contributed by atoms with Crippen molar-refractivity contribution in [1.29, 1.82) is 0 Å². The van der Waals surface area contributed by atoms with E-state index in [1.165, 1.54) is 10.9 Å². The number of carbonyl (C=O) groups excluding carboxylic acids is 2. The van der Waals surface area contributed by atoms with Gasteiger partial charge < -0.3 is 20.7 Å². The maximum Gasteiger partial charge on any atom is 0.271 e. The highest BCUT2D eigenvalue weighted by Crippen LogP contribution is 2.30. The summed E-state index contributed by atoms with van der Waals surface area (Å²) in [4.78, 5) is 30.4. The molecule has 1 aromatic carbocycles. The summed E-state index contributed by atoms with van der Waals surface area (Å²) in [7, 11) is 0. The highest BCUT2D eigenvalue weighted by Gasteiger charge is 2.20. The molecular formula is C20H18Cl2N6O3. The number of halogens is 2. The van der Waals surface area contributed by atoms with Gasteiger partial charge >= 0.3 is 0 Å². The molecule has 4 rings (SSSR count). The first kappa shape index (κ1) is 21.1. The van der Waals surface area contributed by atoms with Crippen molar-refractivity contribution in [2.75, 3.05) is 31.6 Å². The number of hydrogen-bond donors (Lipinski definition) is 2. The van der Waals surface area contributed by atoms with Crippen LogP contribution in [0.2, 0.25) is 10.0 Å². The van der Waals surface area contributed by atoms with Crippen molar-refractivity contribution in [3.05, 3.63) is 64.0 Å². The number of carbonyl (C=O) groups is 2. The number of pyridine rings is 1. The molecule has 1 fully saturated rings. The highest BCUT2D eigenvalue weighted by molar-refractivity contribution is 6.37. The van der Waals surface area contributed by atoms with E-state index in [0.717, 1.165) is 0 Å². The van der Waals surface area contributed by atoms with E-state index in [-0.39, 0.29) is 11.6 Å². The fraction of sp³-hybridized carbons (Fsp3) is 0.200. The van der Waals surface area contributed by atoms with Crippen LogP contribution in [0.3, 0.4) is 0 Å². The number of amides is 2. The zero-order chi connectivity index (χ0) is 22.0. The van der Waals surface area contributed by atoms with Crippen LogP contribution in [0, 0.1) is 0 Å². The second-order valence-corrected chi connectivity index (χ2v) is 7.55. The van der Waals surface area contributed by atoms with E-state index in [1.54, 1.807) is 41.4 Å². The molecule has 31 heavy (non-hydrogen) atoms. The molecule has 3 N–H and O–H groups in total. The van der Waals surface area contributed by atoms with Gasteiger partial charge in [-0.25, -0.2) is 9.67 Å². The van der Waals surface area contributed by atoms with Gasteiger partial charge in [0.15, 0.2) is 5.69 Å². The first-order chi connectivity index (χ1) is 14.9. The van der Waals surface area contributed by atoms with Crippen molar-refractivity contribution < 1.29 is 14.3 Å². The predicted octanol–water partition coefficient (Wildman–Crippen LogP) is 2.89. The van der Waals surface area contributed by atoms with Gasteiger partial charge in [0, 0.05) is 19.3 Å². The number of nitrogens with one attached hydrogen (secondary N) is 1. The maximum atomic E-state index is 12.5. The summed E-state index contributed by atoms with van der Waals surface area (Å²) in [5.74, 6) is -0.435. The molecule has 0 spiro atoms. The fourth-order valence-corrected chi connectivity index (χ4v) is 3.72. The lowest BCUT2D eigenvalue weighted by Crippen LogP contribution is -2.40. The number of nitrogens with zero attached hydrogens (tertiary/aromatic N) is 4. The van der Waals surface area contributed by atoms with E-state index >= 15 is 0 Å². The van der Waals surface area contributed by atoms with E-state index in [0.29, 0.717) is 59.1 Å². The Balaban J connectivity index is 1.58. The average molecular weight is 461 g/mol. The van der Waals surface area contributed by atoms with Crippen LogP contribution in [0.5, 0.6) is 0 Å². The smallest absolute Gasteiger partial charge is 0.271 e. The number of benzene rings is 1. The molecule has 1 aliphatic rings. The molecule has 0 saturated carbocycles. The molecule has 2 aromatic heterocycles. The number of hydrogen-bond acceptors (Lipinski definition) is 6. The second-order valence-electron chi connectivity index (χ2n) is 6.73. The van der Waals surface area contributed by atoms with Crippen LogP contribution in [0.25, 0.3) is 5.69 Å². The molecule has 9 nitrogen and oxygen atoms in total. The number of nitrogens with two attached hydrogens (primary N) is 1. The average Bonchev–Trinajstić information content (AvgIpc) is 3.18. The first-order valence-electron chi connectivity index (χ1n) is 9.38. The zero-order valence-corrected chi connectivity index (χ0v) is 17.7. The number of primary amides is 1. The Labute approximate surface area is 187 Å². The number of aromatic nitrogens is 3. The number of para-hydroxylation sites is 1. The number of rotatable bonds is 5. The fourth-order valence-electron chi connectivity index (χ4n) is 3.15. The molecule has 11 heteroatoms. The lowest BCUT2D eigenvalue weighted by atomic mass is 10.2. The van der Waals surface area contributed by atoms with Gasteiger partial charge in [0.25, 0.3) is 11.8 Å². The van der Waals surface area contributed by atoms with E-state index in [1.807, 2.05) is 0 Å². The molecular weight excluding hydrogens is 443 g/mol. The summed E-state index contributed by atoms with van der Waals surface area (Å²) in [6.45, 7) is 2.14. The van der Waals surface area contributed by atoms with E-state index in [4.69, 9.17) is 33.7 Å². The SMILES string of the molecule is NC(=O)c1nn(-c2c(Cl)cccc2Cl)cc1Nc1ccc(C(=O)N2CCOCC2)cn1. The van der Waals surface area contributed by atoms with Crippen LogP contribution in [-0.2, 0) is 4.74 Å². The number of anilines is 2. The zero-order valence-electron chi connectivity index (χ0n) is 16.2. The van der Waals surface area contributed by atoms with Crippen LogP contribution in [0.4, 0.5) is 11.5 Å². The molecule has 0 aliphatic carbocycles. The minimum atomic E-state index is -0.733. The Morgan fingerprint density at radius 1 is 1.10 bits per heavy atom. The van der Waals surface area contributed by atoms with Crippen molar-refractivity contribution in [1.82, 2.24) is 19.7 Å². The van der Waals surface area contributed by atoms with Gasteiger partial charge in [-0.1, -0.05) is 29.3 Å². The Morgan fingerprint density at radius 2 is 1.81 bits per heavy atom. The topological polar surface area (TPSA) is 115 Å². The number of ether oxygens (including phenoxy) is 1. The Kier molecular flexibility index (Phi) is 6.08. The van der Waals surface area contributed by atoms with Crippen molar-refractivity contribution in [2.45, 2.75) is 0 Å².